The predicted octanol–water partition coefficient (Wildman–Crippen LogP) is 15.3. The summed E-state index contributed by atoms with van der Waals surface area (Å²) in [5.41, 5.74) is 13.9. The summed E-state index contributed by atoms with van der Waals surface area (Å²) in [6.45, 7) is 0. The van der Waals surface area contributed by atoms with E-state index in [1.165, 1.54) is 91.5 Å². The molecule has 59 heavy (non-hydrogen) atoms. The average molecular weight is 768 g/mol. The van der Waals surface area contributed by atoms with Gasteiger partial charge >= 0.3 is 0 Å². The van der Waals surface area contributed by atoms with E-state index in [9.17, 15) is 0 Å². The van der Waals surface area contributed by atoms with Gasteiger partial charge in [-0.3, -0.25) is 4.40 Å². The minimum atomic E-state index is 1.01. The summed E-state index contributed by atoms with van der Waals surface area (Å²) in [6, 6.07) is 73.1. The number of rotatable bonds is 4. The number of benzene rings is 9. The zero-order chi connectivity index (χ0) is 38.6. The number of fused-ring (bicyclic) bond motifs is 13. The Balaban J connectivity index is 0.910. The summed E-state index contributed by atoms with van der Waals surface area (Å²) >= 11 is 1.83. The number of pyridine rings is 1. The van der Waals surface area contributed by atoms with Crippen molar-refractivity contribution in [1.29, 1.82) is 0 Å². The lowest BCUT2D eigenvalue weighted by Gasteiger charge is -2.11. The minimum Gasteiger partial charge on any atom is -0.309 e. The molecule has 0 aliphatic heterocycles. The second-order valence-electron chi connectivity index (χ2n) is 15.6. The lowest BCUT2D eigenvalue weighted by molar-refractivity contribution is 1.18. The molecule has 13 rings (SSSR count). The molecule has 0 saturated carbocycles. The van der Waals surface area contributed by atoms with Gasteiger partial charge in [-0.1, -0.05) is 140 Å². The van der Waals surface area contributed by atoms with Gasteiger partial charge in [0.05, 0.1) is 32.5 Å². The number of hydrogen-bond acceptors (Lipinski definition) is 2. The van der Waals surface area contributed by atoms with E-state index in [-0.39, 0.29) is 0 Å². The van der Waals surface area contributed by atoms with Gasteiger partial charge in [0.1, 0.15) is 0 Å². The first-order valence-corrected chi connectivity index (χ1v) is 20.9. The molecule has 0 atom stereocenters. The fourth-order valence-electron chi connectivity index (χ4n) is 9.44. The van der Waals surface area contributed by atoms with Crippen LogP contribution in [0.1, 0.15) is 0 Å². The molecule has 0 aliphatic carbocycles. The molecule has 4 heteroatoms. The van der Waals surface area contributed by atoms with Crippen LogP contribution in [0.4, 0.5) is 0 Å². The van der Waals surface area contributed by atoms with Gasteiger partial charge in [0.25, 0.3) is 0 Å². The van der Waals surface area contributed by atoms with Gasteiger partial charge in [-0.2, -0.15) is 0 Å². The van der Waals surface area contributed by atoms with Gasteiger partial charge in [0.2, 0.25) is 0 Å². The van der Waals surface area contributed by atoms with Crippen LogP contribution >= 0.6 is 11.3 Å². The number of nitrogens with zero attached hydrogens (tertiary/aromatic N) is 3. The molecular formula is C55H33N3S. The van der Waals surface area contributed by atoms with Crippen LogP contribution in [0.5, 0.6) is 0 Å². The lowest BCUT2D eigenvalue weighted by Crippen LogP contribution is -1.93. The van der Waals surface area contributed by atoms with Crippen LogP contribution in [0.15, 0.2) is 200 Å². The monoisotopic (exact) mass is 767 g/mol. The number of imidazole rings is 1. The van der Waals surface area contributed by atoms with Crippen molar-refractivity contribution in [2.45, 2.75) is 0 Å². The first kappa shape index (κ1) is 32.5. The van der Waals surface area contributed by atoms with Crippen molar-refractivity contribution in [3.05, 3.63) is 200 Å². The van der Waals surface area contributed by atoms with Crippen LogP contribution in [0.25, 0.3) is 119 Å². The van der Waals surface area contributed by atoms with Crippen molar-refractivity contribution >= 4 is 91.5 Å². The Morgan fingerprint density at radius 2 is 0.983 bits per heavy atom. The normalized spacial score (nSPS) is 12.1. The highest BCUT2D eigenvalue weighted by atomic mass is 32.1. The SMILES string of the molecule is c1ccc(-n2c3ccccc3c3cc(-c4ccc(-c5ccc(-c6cc7c8ccccc8sc7c7nc8c9cc%10ccccc%10cc9ccc8n67)cc5)cc4)ccc32)cc1. The molecule has 0 amide bonds. The fraction of sp³-hybridized carbons (Fsp3) is 0. The second-order valence-corrected chi connectivity index (χ2v) is 16.6. The summed E-state index contributed by atoms with van der Waals surface area (Å²) in [5.74, 6) is 0. The van der Waals surface area contributed by atoms with Crippen molar-refractivity contribution in [1.82, 2.24) is 14.0 Å². The Morgan fingerprint density at radius 1 is 0.373 bits per heavy atom. The van der Waals surface area contributed by atoms with Crippen LogP contribution in [-0.2, 0) is 0 Å². The van der Waals surface area contributed by atoms with Crippen molar-refractivity contribution in [2.75, 3.05) is 0 Å². The number of hydrogen-bond donors (Lipinski definition) is 0. The third-order valence-corrected chi connectivity index (χ3v) is 13.5. The van der Waals surface area contributed by atoms with Gasteiger partial charge in [0, 0.05) is 37.3 Å². The zero-order valence-electron chi connectivity index (χ0n) is 31.8. The minimum absolute atomic E-state index is 1.01. The molecule has 274 valence electrons. The highest BCUT2D eigenvalue weighted by molar-refractivity contribution is 7.26. The van der Waals surface area contributed by atoms with Crippen LogP contribution in [0.3, 0.4) is 0 Å². The van der Waals surface area contributed by atoms with Crippen molar-refractivity contribution in [3.8, 4) is 39.2 Å². The summed E-state index contributed by atoms with van der Waals surface area (Å²) in [4.78, 5) is 5.48. The largest absolute Gasteiger partial charge is 0.309 e. The van der Waals surface area contributed by atoms with E-state index in [4.69, 9.17) is 4.98 Å². The molecule has 4 aromatic heterocycles. The molecule has 4 heterocycles. The summed E-state index contributed by atoms with van der Waals surface area (Å²) in [7, 11) is 0. The molecule has 0 radical (unpaired) electrons. The standard InChI is InChI=1S/C55H33N3S/c1-2-12-42(13-3-1)57-48-16-8-6-14-43(48)46-32-40(26-28-49(46)57)36-20-18-34(19-21-36)35-22-24-37(25-23-35)51-33-47-44-15-7-9-17-52(44)59-54(47)55-56-53-45-31-39-11-5-4-10-38(39)30-41(45)27-29-50(53)58(51)55/h1-33H. The Labute approximate surface area is 343 Å². The summed E-state index contributed by atoms with van der Waals surface area (Å²) < 4.78 is 7.26. The smallest absolute Gasteiger partial charge is 0.156 e. The highest BCUT2D eigenvalue weighted by Crippen LogP contribution is 2.42. The van der Waals surface area contributed by atoms with Crippen molar-refractivity contribution in [3.63, 3.8) is 0 Å². The first-order valence-electron chi connectivity index (χ1n) is 20.1. The van der Waals surface area contributed by atoms with E-state index in [1.54, 1.807) is 0 Å². The Bertz CT molecular complexity index is 3810. The van der Waals surface area contributed by atoms with E-state index in [2.05, 4.69) is 209 Å². The van der Waals surface area contributed by atoms with Crippen LogP contribution < -0.4 is 0 Å². The van der Waals surface area contributed by atoms with E-state index in [1.807, 2.05) is 11.3 Å². The molecule has 0 fully saturated rings. The average Bonchev–Trinajstić information content (AvgIpc) is 3.99. The van der Waals surface area contributed by atoms with E-state index < -0.39 is 0 Å². The van der Waals surface area contributed by atoms with Crippen LogP contribution in [0.2, 0.25) is 0 Å². The maximum Gasteiger partial charge on any atom is 0.156 e. The Morgan fingerprint density at radius 3 is 1.78 bits per heavy atom. The van der Waals surface area contributed by atoms with Crippen LogP contribution in [-0.4, -0.2) is 14.0 Å². The third-order valence-electron chi connectivity index (χ3n) is 12.3. The van der Waals surface area contributed by atoms with Gasteiger partial charge in [0.15, 0.2) is 5.65 Å². The van der Waals surface area contributed by atoms with E-state index >= 15 is 0 Å². The lowest BCUT2D eigenvalue weighted by atomic mass is 9.98. The van der Waals surface area contributed by atoms with Crippen molar-refractivity contribution < 1.29 is 0 Å². The first-order chi connectivity index (χ1) is 29.2. The number of para-hydroxylation sites is 2. The summed E-state index contributed by atoms with van der Waals surface area (Å²) in [5, 5.41) is 9.92. The molecule has 0 aliphatic rings. The van der Waals surface area contributed by atoms with Gasteiger partial charge < -0.3 is 4.57 Å². The topological polar surface area (TPSA) is 22.2 Å². The van der Waals surface area contributed by atoms with E-state index in [0.717, 1.165) is 27.9 Å². The Kier molecular flexibility index (Phi) is 6.89. The molecule has 0 unspecified atom stereocenters. The van der Waals surface area contributed by atoms with Crippen LogP contribution in [0, 0.1) is 0 Å². The maximum absolute atomic E-state index is 5.48. The fourth-order valence-corrected chi connectivity index (χ4v) is 10.6. The highest BCUT2D eigenvalue weighted by Gasteiger charge is 2.19. The maximum atomic E-state index is 5.48. The van der Waals surface area contributed by atoms with Crippen molar-refractivity contribution in [2.24, 2.45) is 0 Å². The molecule has 0 saturated heterocycles. The zero-order valence-corrected chi connectivity index (χ0v) is 32.6. The quantitative estimate of drug-likeness (QED) is 0.164. The molecule has 0 bridgehead atoms. The van der Waals surface area contributed by atoms with E-state index in [0.29, 0.717) is 0 Å². The second kappa shape index (κ2) is 12.5. The molecule has 13 aromatic rings. The van der Waals surface area contributed by atoms with Gasteiger partial charge in [-0.25, -0.2) is 4.98 Å². The number of thiophene rings is 1. The Hall–Kier alpha value is -7.53. The molecule has 3 nitrogen and oxygen atoms in total. The van der Waals surface area contributed by atoms with Gasteiger partial charge in [-0.15, -0.1) is 11.3 Å². The molecular weight excluding hydrogens is 735 g/mol. The number of aromatic nitrogens is 3. The molecule has 9 aromatic carbocycles. The third kappa shape index (κ3) is 4.91. The molecule has 0 N–H and O–H groups in total. The summed E-state index contributed by atoms with van der Waals surface area (Å²) in [6.07, 6.45) is 0. The predicted molar refractivity (Wildman–Crippen MR) is 251 cm³/mol. The van der Waals surface area contributed by atoms with Gasteiger partial charge in [-0.05, 0) is 105 Å². The molecule has 0 spiro atoms.